The number of hydrogen-bond donors (Lipinski definition) is 1. The summed E-state index contributed by atoms with van der Waals surface area (Å²) in [5.41, 5.74) is 6.11. The first-order valence-electron chi connectivity index (χ1n) is 3.36. The predicted molar refractivity (Wildman–Crippen MR) is 42.7 cm³/mol. The number of halogens is 1. The first kappa shape index (κ1) is 6.97. The lowest BCUT2D eigenvalue weighted by Crippen LogP contribution is -1.97. The van der Waals surface area contributed by atoms with Crippen molar-refractivity contribution in [2.45, 2.75) is 0 Å². The van der Waals surface area contributed by atoms with Gasteiger partial charge in [-0.25, -0.2) is 9.38 Å². The predicted octanol–water partition coefficient (Wildman–Crippen LogP) is 0.981. The number of aliphatic imine (C=N–C) groups is 1. The fourth-order valence-electron chi connectivity index (χ4n) is 1.10. The molecule has 2 rings (SSSR count). The minimum absolute atomic E-state index is 0.0207. The van der Waals surface area contributed by atoms with Gasteiger partial charge in [0.05, 0.1) is 11.3 Å². The van der Waals surface area contributed by atoms with E-state index in [1.54, 1.807) is 0 Å². The van der Waals surface area contributed by atoms with Gasteiger partial charge in [0, 0.05) is 11.8 Å². The van der Waals surface area contributed by atoms with E-state index in [9.17, 15) is 9.18 Å². The molecule has 0 bridgehead atoms. The van der Waals surface area contributed by atoms with Crippen molar-refractivity contribution in [3.05, 3.63) is 29.1 Å². The molecule has 0 atom stereocenters. The van der Waals surface area contributed by atoms with Crippen LogP contribution < -0.4 is 5.73 Å². The van der Waals surface area contributed by atoms with E-state index in [2.05, 4.69) is 4.99 Å². The average Bonchev–Trinajstić information content (AvgIpc) is 2.35. The summed E-state index contributed by atoms with van der Waals surface area (Å²) in [5, 5.41) is 0. The van der Waals surface area contributed by atoms with Crippen molar-refractivity contribution in [3.8, 4) is 0 Å². The fourth-order valence-corrected chi connectivity index (χ4v) is 1.10. The van der Waals surface area contributed by atoms with Crippen LogP contribution in [0.1, 0.15) is 15.9 Å². The molecule has 0 spiro atoms. The van der Waals surface area contributed by atoms with E-state index in [0.29, 0.717) is 11.1 Å². The van der Waals surface area contributed by atoms with Crippen LogP contribution in [0.2, 0.25) is 0 Å². The maximum Gasteiger partial charge on any atom is 0.277 e. The number of nitrogens with zero attached hydrogens (tertiary/aromatic N) is 1. The second-order valence-corrected chi connectivity index (χ2v) is 2.52. The minimum atomic E-state index is -0.519. The summed E-state index contributed by atoms with van der Waals surface area (Å²) in [6, 6.07) is 2.51. The highest BCUT2D eigenvalue weighted by molar-refractivity contribution is 6.13. The zero-order valence-electron chi connectivity index (χ0n) is 6.04. The molecule has 1 aromatic rings. The topological polar surface area (TPSA) is 55.4 Å². The highest BCUT2D eigenvalue weighted by Gasteiger charge is 2.17. The summed E-state index contributed by atoms with van der Waals surface area (Å²) >= 11 is 0. The average molecular weight is 164 g/mol. The first-order chi connectivity index (χ1) is 5.68. The molecule has 12 heavy (non-hydrogen) atoms. The lowest BCUT2D eigenvalue weighted by atomic mass is 10.1. The Morgan fingerprint density at radius 3 is 2.92 bits per heavy atom. The highest BCUT2D eigenvalue weighted by Crippen LogP contribution is 2.20. The smallest absolute Gasteiger partial charge is 0.277 e. The van der Waals surface area contributed by atoms with Crippen molar-refractivity contribution in [1.82, 2.24) is 0 Å². The third kappa shape index (κ3) is 0.812. The second kappa shape index (κ2) is 2.14. The molecule has 1 aromatic carbocycles. The van der Waals surface area contributed by atoms with E-state index in [4.69, 9.17) is 5.73 Å². The van der Waals surface area contributed by atoms with Gasteiger partial charge in [-0.1, -0.05) is 0 Å². The van der Waals surface area contributed by atoms with Crippen LogP contribution in [0.25, 0.3) is 0 Å². The maximum atomic E-state index is 12.8. The normalized spacial score (nSPS) is 13.6. The quantitative estimate of drug-likeness (QED) is 0.581. The van der Waals surface area contributed by atoms with Crippen LogP contribution in [0.5, 0.6) is 0 Å². The van der Waals surface area contributed by atoms with Crippen LogP contribution in [-0.2, 0) is 0 Å². The number of carbonyl (C=O) groups is 1. The number of amides is 1. The van der Waals surface area contributed by atoms with E-state index in [-0.39, 0.29) is 11.6 Å². The van der Waals surface area contributed by atoms with Crippen molar-refractivity contribution in [1.29, 1.82) is 0 Å². The van der Waals surface area contributed by atoms with Gasteiger partial charge in [-0.15, -0.1) is 0 Å². The van der Waals surface area contributed by atoms with Crippen LogP contribution in [-0.4, -0.2) is 12.1 Å². The molecule has 0 saturated heterocycles. The molecule has 4 heteroatoms. The van der Waals surface area contributed by atoms with Gasteiger partial charge in [-0.2, -0.15) is 0 Å². The van der Waals surface area contributed by atoms with Crippen LogP contribution in [0.4, 0.5) is 10.1 Å². The number of nitrogens with two attached hydrogens (primary N) is 1. The number of rotatable bonds is 0. The van der Waals surface area contributed by atoms with E-state index >= 15 is 0 Å². The van der Waals surface area contributed by atoms with Crippen molar-refractivity contribution in [2.24, 2.45) is 4.99 Å². The monoisotopic (exact) mass is 164 g/mol. The highest BCUT2D eigenvalue weighted by atomic mass is 19.1. The molecule has 3 nitrogen and oxygen atoms in total. The molecule has 0 saturated carbocycles. The molecule has 2 N–H and O–H groups in total. The summed E-state index contributed by atoms with van der Waals surface area (Å²) in [7, 11) is 0. The third-order valence-corrected chi connectivity index (χ3v) is 1.72. The van der Waals surface area contributed by atoms with E-state index in [1.807, 2.05) is 0 Å². The maximum absolute atomic E-state index is 12.8. The molecular formula is C8H5FN2O. The van der Waals surface area contributed by atoms with Crippen LogP contribution in [0, 0.1) is 5.82 Å². The molecule has 1 aliphatic rings. The molecule has 0 radical (unpaired) electrons. The number of fused-ring (bicyclic) bond motifs is 1. The van der Waals surface area contributed by atoms with Gasteiger partial charge in [0.2, 0.25) is 0 Å². The molecule has 0 unspecified atom stereocenters. The van der Waals surface area contributed by atoms with Crippen molar-refractivity contribution in [3.63, 3.8) is 0 Å². The summed E-state index contributed by atoms with van der Waals surface area (Å²) in [6.45, 7) is 0. The van der Waals surface area contributed by atoms with Gasteiger partial charge in [0.1, 0.15) is 5.82 Å². The molecule has 1 aliphatic heterocycles. The lowest BCUT2D eigenvalue weighted by Gasteiger charge is -1.98. The van der Waals surface area contributed by atoms with Crippen molar-refractivity contribution >= 4 is 17.8 Å². The summed E-state index contributed by atoms with van der Waals surface area (Å²) in [6.07, 6.45) is 1.33. The minimum Gasteiger partial charge on any atom is -0.396 e. The van der Waals surface area contributed by atoms with E-state index in [1.165, 1.54) is 18.3 Å². The molecule has 1 heterocycles. The van der Waals surface area contributed by atoms with Gasteiger partial charge in [0.25, 0.3) is 5.91 Å². The van der Waals surface area contributed by atoms with Gasteiger partial charge in [-0.05, 0) is 12.1 Å². The van der Waals surface area contributed by atoms with E-state index in [0.717, 1.165) is 0 Å². The van der Waals surface area contributed by atoms with Gasteiger partial charge >= 0.3 is 0 Å². The number of nitrogen functional groups attached to an aromatic ring is 1. The summed E-state index contributed by atoms with van der Waals surface area (Å²) < 4.78 is 12.8. The number of carbonyl (C=O) groups excluding carboxylic acids is 1. The molecule has 0 fully saturated rings. The Balaban J connectivity index is 2.69. The number of anilines is 1. The largest absolute Gasteiger partial charge is 0.396 e. The Bertz CT molecular complexity index is 398. The van der Waals surface area contributed by atoms with Gasteiger partial charge < -0.3 is 5.73 Å². The standard InChI is InChI=1S/C8H5FN2O/c9-6-1-4-3-11-8(12)5(4)2-7(6)10/h1-3H,10H2. The Morgan fingerprint density at radius 2 is 2.17 bits per heavy atom. The van der Waals surface area contributed by atoms with Gasteiger partial charge in [-0.3, -0.25) is 4.79 Å². The SMILES string of the molecule is Nc1cc2c(cc1F)C=NC2=O. The second-order valence-electron chi connectivity index (χ2n) is 2.52. The Kier molecular flexibility index (Phi) is 1.24. The van der Waals surface area contributed by atoms with Crippen LogP contribution in [0.3, 0.4) is 0 Å². The fraction of sp³-hybridized carbons (Fsp3) is 0. The first-order valence-corrected chi connectivity index (χ1v) is 3.36. The lowest BCUT2D eigenvalue weighted by molar-refractivity contribution is 0.101. The molecule has 1 amide bonds. The molecular weight excluding hydrogens is 159 g/mol. The zero-order chi connectivity index (χ0) is 8.72. The van der Waals surface area contributed by atoms with Crippen LogP contribution in [0.15, 0.2) is 17.1 Å². The third-order valence-electron chi connectivity index (χ3n) is 1.72. The molecule has 0 aliphatic carbocycles. The zero-order valence-corrected chi connectivity index (χ0v) is 6.04. The Labute approximate surface area is 67.7 Å². The summed E-state index contributed by atoms with van der Waals surface area (Å²) in [5.74, 6) is -0.883. The summed E-state index contributed by atoms with van der Waals surface area (Å²) in [4.78, 5) is 14.5. The molecule has 0 aromatic heterocycles. The van der Waals surface area contributed by atoms with E-state index < -0.39 is 5.82 Å². The van der Waals surface area contributed by atoms with Crippen molar-refractivity contribution in [2.75, 3.05) is 5.73 Å². The Morgan fingerprint density at radius 1 is 1.42 bits per heavy atom. The van der Waals surface area contributed by atoms with Crippen molar-refractivity contribution < 1.29 is 9.18 Å². The van der Waals surface area contributed by atoms with Gasteiger partial charge in [0.15, 0.2) is 0 Å². The van der Waals surface area contributed by atoms with Crippen LogP contribution >= 0.6 is 0 Å². The Hall–Kier alpha value is -1.71. The number of benzene rings is 1. The number of hydrogen-bond acceptors (Lipinski definition) is 2. The molecule has 60 valence electrons.